The highest BCUT2D eigenvalue weighted by molar-refractivity contribution is 5.33. The van der Waals surface area contributed by atoms with Gasteiger partial charge in [-0.25, -0.2) is 4.98 Å². The molecule has 1 atom stereocenters. The molecule has 1 aromatic carbocycles. The third-order valence-corrected chi connectivity index (χ3v) is 3.57. The number of rotatable bonds is 5. The van der Waals surface area contributed by atoms with Crippen LogP contribution < -0.4 is 0 Å². The lowest BCUT2D eigenvalue weighted by atomic mass is 10.0. The highest BCUT2D eigenvalue weighted by Gasteiger charge is 2.21. The van der Waals surface area contributed by atoms with Gasteiger partial charge in [0.15, 0.2) is 0 Å². The number of benzene rings is 1. The van der Waals surface area contributed by atoms with E-state index in [1.165, 1.54) is 12.1 Å². The van der Waals surface area contributed by atoms with E-state index in [0.717, 1.165) is 5.56 Å². The topological polar surface area (TPSA) is 94.7 Å². The van der Waals surface area contributed by atoms with E-state index in [-0.39, 0.29) is 5.69 Å². The summed E-state index contributed by atoms with van der Waals surface area (Å²) in [5.41, 5.74) is 1.96. The maximum atomic E-state index is 10.6. The Kier molecular flexibility index (Phi) is 4.61. The predicted molar refractivity (Wildman–Crippen MR) is 80.6 cm³/mol. The molecule has 0 bridgehead atoms. The van der Waals surface area contributed by atoms with Gasteiger partial charge in [0.2, 0.25) is 6.29 Å². The summed E-state index contributed by atoms with van der Waals surface area (Å²) in [5.74, 6) is 0. The Morgan fingerprint density at radius 1 is 1.22 bits per heavy atom. The van der Waals surface area contributed by atoms with Crippen LogP contribution in [0, 0.1) is 10.1 Å². The van der Waals surface area contributed by atoms with Crippen molar-refractivity contribution >= 4 is 5.69 Å². The zero-order valence-electron chi connectivity index (χ0n) is 12.3. The van der Waals surface area contributed by atoms with Crippen LogP contribution in [0.5, 0.6) is 0 Å². The highest BCUT2D eigenvalue weighted by Crippen LogP contribution is 2.24. The second-order valence-corrected chi connectivity index (χ2v) is 5.20. The molecule has 120 valence electrons. The SMILES string of the molecule is O=[N+]([O-])c1ccc(CC(O)c2cccc(C3OCCO3)n2)cc1. The Bertz CT molecular complexity index is 683. The van der Waals surface area contributed by atoms with Crippen LogP contribution in [0.2, 0.25) is 0 Å². The molecule has 1 saturated heterocycles. The first-order valence-electron chi connectivity index (χ1n) is 7.25. The van der Waals surface area contributed by atoms with Gasteiger partial charge >= 0.3 is 0 Å². The van der Waals surface area contributed by atoms with Crippen molar-refractivity contribution in [2.45, 2.75) is 18.8 Å². The monoisotopic (exact) mass is 316 g/mol. The molecule has 1 aliphatic heterocycles. The molecule has 0 amide bonds. The molecule has 3 rings (SSSR count). The summed E-state index contributed by atoms with van der Waals surface area (Å²) in [7, 11) is 0. The molecule has 1 N–H and O–H groups in total. The van der Waals surface area contributed by atoms with Crippen molar-refractivity contribution in [3.63, 3.8) is 0 Å². The number of hydrogen-bond acceptors (Lipinski definition) is 6. The summed E-state index contributed by atoms with van der Waals surface area (Å²) in [5, 5.41) is 21.0. The molecule has 7 nitrogen and oxygen atoms in total. The van der Waals surface area contributed by atoms with E-state index in [1.807, 2.05) is 0 Å². The third kappa shape index (κ3) is 3.70. The standard InChI is InChI=1S/C16H16N2O5/c19-15(10-11-4-6-12(7-5-11)18(20)21)13-2-1-3-14(17-13)16-22-8-9-23-16/h1-7,15-16,19H,8-10H2. The minimum atomic E-state index is -0.808. The van der Waals surface area contributed by atoms with E-state index in [0.29, 0.717) is 31.0 Å². The summed E-state index contributed by atoms with van der Waals surface area (Å²) >= 11 is 0. The van der Waals surface area contributed by atoms with Gasteiger partial charge in [0, 0.05) is 18.6 Å². The first-order chi connectivity index (χ1) is 11.1. The van der Waals surface area contributed by atoms with Crippen molar-refractivity contribution in [2.75, 3.05) is 13.2 Å². The molecule has 0 saturated carbocycles. The zero-order chi connectivity index (χ0) is 16.2. The molecule has 23 heavy (non-hydrogen) atoms. The number of aromatic nitrogens is 1. The average molecular weight is 316 g/mol. The van der Waals surface area contributed by atoms with Gasteiger partial charge in [-0.3, -0.25) is 10.1 Å². The first-order valence-corrected chi connectivity index (χ1v) is 7.25. The Balaban J connectivity index is 1.71. The fraction of sp³-hybridized carbons (Fsp3) is 0.312. The lowest BCUT2D eigenvalue weighted by molar-refractivity contribution is -0.384. The number of non-ortho nitro benzene ring substituents is 1. The van der Waals surface area contributed by atoms with Crippen LogP contribution in [-0.4, -0.2) is 28.2 Å². The summed E-state index contributed by atoms with van der Waals surface area (Å²) < 4.78 is 10.8. The van der Waals surface area contributed by atoms with Crippen LogP contribution in [0.3, 0.4) is 0 Å². The Labute approximate surface area is 132 Å². The molecule has 2 aromatic rings. The Morgan fingerprint density at radius 3 is 2.57 bits per heavy atom. The maximum Gasteiger partial charge on any atom is 0.269 e. The fourth-order valence-corrected chi connectivity index (χ4v) is 2.40. The van der Waals surface area contributed by atoms with Crippen molar-refractivity contribution in [1.82, 2.24) is 4.98 Å². The van der Waals surface area contributed by atoms with Gasteiger partial charge in [0.1, 0.15) is 0 Å². The van der Waals surface area contributed by atoms with Crippen molar-refractivity contribution < 1.29 is 19.5 Å². The fourth-order valence-electron chi connectivity index (χ4n) is 2.40. The molecule has 0 spiro atoms. The number of nitro groups is 1. The molecule has 1 unspecified atom stereocenters. The van der Waals surface area contributed by atoms with Gasteiger partial charge in [0.05, 0.1) is 35.6 Å². The number of nitro benzene ring substituents is 1. The molecule has 1 aliphatic rings. The van der Waals surface area contributed by atoms with E-state index >= 15 is 0 Å². The molecule has 1 fully saturated rings. The number of nitrogens with zero attached hydrogens (tertiary/aromatic N) is 2. The molecule has 0 radical (unpaired) electrons. The Hall–Kier alpha value is -2.35. The molecule has 0 aliphatic carbocycles. The number of aliphatic hydroxyl groups excluding tert-OH is 1. The second-order valence-electron chi connectivity index (χ2n) is 5.20. The zero-order valence-corrected chi connectivity index (χ0v) is 12.3. The van der Waals surface area contributed by atoms with Crippen LogP contribution in [0.25, 0.3) is 0 Å². The lowest BCUT2D eigenvalue weighted by Crippen LogP contribution is -2.08. The van der Waals surface area contributed by atoms with Crippen LogP contribution in [-0.2, 0) is 15.9 Å². The van der Waals surface area contributed by atoms with Crippen molar-refractivity contribution in [3.05, 3.63) is 69.5 Å². The lowest BCUT2D eigenvalue weighted by Gasteiger charge is -2.13. The van der Waals surface area contributed by atoms with Gasteiger partial charge in [-0.15, -0.1) is 0 Å². The minimum Gasteiger partial charge on any atom is -0.386 e. The van der Waals surface area contributed by atoms with E-state index in [4.69, 9.17) is 9.47 Å². The number of hydrogen-bond donors (Lipinski definition) is 1. The quantitative estimate of drug-likeness (QED) is 0.672. The van der Waals surface area contributed by atoms with E-state index in [2.05, 4.69) is 4.98 Å². The average Bonchev–Trinajstić information content (AvgIpc) is 3.10. The van der Waals surface area contributed by atoms with E-state index in [1.54, 1.807) is 30.3 Å². The van der Waals surface area contributed by atoms with E-state index < -0.39 is 17.3 Å². The molecule has 1 aromatic heterocycles. The largest absolute Gasteiger partial charge is 0.386 e. The molecular formula is C16H16N2O5. The normalized spacial score (nSPS) is 16.4. The van der Waals surface area contributed by atoms with Gasteiger partial charge in [-0.05, 0) is 17.7 Å². The first kappa shape index (κ1) is 15.5. The van der Waals surface area contributed by atoms with Gasteiger partial charge < -0.3 is 14.6 Å². The molecular weight excluding hydrogens is 300 g/mol. The number of pyridine rings is 1. The van der Waals surface area contributed by atoms with Crippen LogP contribution in [0.4, 0.5) is 5.69 Å². The maximum absolute atomic E-state index is 10.6. The van der Waals surface area contributed by atoms with Crippen molar-refractivity contribution in [1.29, 1.82) is 0 Å². The van der Waals surface area contributed by atoms with Gasteiger partial charge in [-0.1, -0.05) is 18.2 Å². The minimum absolute atomic E-state index is 0.0268. The summed E-state index contributed by atoms with van der Waals surface area (Å²) in [6, 6.07) is 11.4. The number of aliphatic hydroxyl groups is 1. The van der Waals surface area contributed by atoms with Crippen molar-refractivity contribution in [3.8, 4) is 0 Å². The van der Waals surface area contributed by atoms with Crippen LogP contribution in [0.15, 0.2) is 42.5 Å². The summed E-state index contributed by atoms with van der Waals surface area (Å²) in [6.45, 7) is 1.06. The predicted octanol–water partition coefficient (Wildman–Crippen LogP) is 2.31. The van der Waals surface area contributed by atoms with Crippen LogP contribution >= 0.6 is 0 Å². The molecule has 2 heterocycles. The summed E-state index contributed by atoms with van der Waals surface area (Å²) in [4.78, 5) is 14.6. The smallest absolute Gasteiger partial charge is 0.269 e. The highest BCUT2D eigenvalue weighted by atomic mass is 16.7. The van der Waals surface area contributed by atoms with Gasteiger partial charge in [-0.2, -0.15) is 0 Å². The molecule has 7 heteroatoms. The summed E-state index contributed by atoms with van der Waals surface area (Å²) in [6.07, 6.45) is -0.972. The second kappa shape index (κ2) is 6.82. The van der Waals surface area contributed by atoms with Gasteiger partial charge in [0.25, 0.3) is 5.69 Å². The van der Waals surface area contributed by atoms with Crippen molar-refractivity contribution in [2.24, 2.45) is 0 Å². The number of ether oxygens (including phenoxy) is 2. The van der Waals surface area contributed by atoms with Crippen LogP contribution in [0.1, 0.15) is 29.3 Å². The third-order valence-electron chi connectivity index (χ3n) is 3.57. The Morgan fingerprint density at radius 2 is 1.91 bits per heavy atom. The van der Waals surface area contributed by atoms with E-state index in [9.17, 15) is 15.2 Å².